The van der Waals surface area contributed by atoms with Gasteiger partial charge >= 0.3 is 11.6 Å². The van der Waals surface area contributed by atoms with Crippen LogP contribution in [0.1, 0.15) is 11.7 Å². The van der Waals surface area contributed by atoms with E-state index >= 15 is 0 Å². The molecule has 0 aliphatic heterocycles. The number of methoxy groups -OCH3 is 1. The van der Waals surface area contributed by atoms with Crippen molar-refractivity contribution >= 4 is 27.7 Å². The van der Waals surface area contributed by atoms with E-state index in [4.69, 9.17) is 13.9 Å². The first kappa shape index (κ1) is 16.8. The number of hydrogen-bond acceptors (Lipinski definition) is 5. The van der Waals surface area contributed by atoms with Crippen molar-refractivity contribution in [3.8, 4) is 5.75 Å². The third kappa shape index (κ3) is 3.15. The molecule has 4 rings (SSSR count). The summed E-state index contributed by atoms with van der Waals surface area (Å²) in [6.07, 6.45) is -0.916. The quantitative estimate of drug-likeness (QED) is 0.309. The lowest BCUT2D eigenvalue weighted by Crippen LogP contribution is -2.20. The summed E-state index contributed by atoms with van der Waals surface area (Å²) in [5.41, 5.74) is 0.653. The molecule has 134 valence electrons. The van der Waals surface area contributed by atoms with E-state index in [1.165, 1.54) is 7.11 Å². The lowest BCUT2D eigenvalue weighted by Gasteiger charge is -2.17. The van der Waals surface area contributed by atoms with Crippen molar-refractivity contribution in [2.75, 3.05) is 7.11 Å². The molecular formula is C22H16O5. The van der Waals surface area contributed by atoms with Gasteiger partial charge in [0.05, 0.1) is 12.5 Å². The molecule has 1 atom stereocenters. The van der Waals surface area contributed by atoms with Crippen LogP contribution >= 0.6 is 0 Å². The van der Waals surface area contributed by atoms with E-state index in [1.54, 1.807) is 36.4 Å². The first-order chi connectivity index (χ1) is 13.2. The number of hydrogen-bond donors (Lipinski definition) is 0. The molecular weight excluding hydrogens is 344 g/mol. The third-order valence-electron chi connectivity index (χ3n) is 4.36. The largest absolute Gasteiger partial charge is 0.474 e. The number of ether oxygens (including phenoxy) is 2. The van der Waals surface area contributed by atoms with Crippen molar-refractivity contribution in [3.05, 3.63) is 88.8 Å². The molecule has 0 amide bonds. The molecule has 5 nitrogen and oxygen atoms in total. The van der Waals surface area contributed by atoms with E-state index in [0.717, 1.165) is 10.8 Å². The van der Waals surface area contributed by atoms with Crippen molar-refractivity contribution in [1.82, 2.24) is 0 Å². The van der Waals surface area contributed by atoms with Gasteiger partial charge in [-0.3, -0.25) is 0 Å². The highest BCUT2D eigenvalue weighted by molar-refractivity contribution is 6.04. The van der Waals surface area contributed by atoms with E-state index in [-0.39, 0.29) is 0 Å². The molecule has 5 heteroatoms. The van der Waals surface area contributed by atoms with Crippen LogP contribution in [0.15, 0.2) is 82.0 Å². The summed E-state index contributed by atoms with van der Waals surface area (Å²) < 4.78 is 16.2. The topological polar surface area (TPSA) is 65.7 Å². The predicted molar refractivity (Wildman–Crippen MR) is 102 cm³/mol. The summed E-state index contributed by atoms with van der Waals surface area (Å²) in [5.74, 6) is -0.110. The van der Waals surface area contributed by atoms with Gasteiger partial charge in [-0.25, -0.2) is 9.59 Å². The maximum atomic E-state index is 12.2. The molecule has 0 aliphatic carbocycles. The monoisotopic (exact) mass is 360 g/mol. The van der Waals surface area contributed by atoms with Gasteiger partial charge in [0.15, 0.2) is 0 Å². The molecule has 0 N–H and O–H groups in total. The Morgan fingerprint density at radius 1 is 0.889 bits per heavy atom. The van der Waals surface area contributed by atoms with Crippen molar-refractivity contribution in [2.24, 2.45) is 0 Å². The van der Waals surface area contributed by atoms with E-state index in [0.29, 0.717) is 22.3 Å². The van der Waals surface area contributed by atoms with Gasteiger partial charge in [0.1, 0.15) is 11.3 Å². The maximum Gasteiger partial charge on any atom is 0.351 e. The highest BCUT2D eigenvalue weighted by atomic mass is 16.6. The van der Waals surface area contributed by atoms with E-state index in [9.17, 15) is 9.59 Å². The zero-order chi connectivity index (χ0) is 18.8. The summed E-state index contributed by atoms with van der Waals surface area (Å²) in [6.45, 7) is 0. The molecule has 1 aromatic heterocycles. The number of carbonyl (C=O) groups is 1. The van der Waals surface area contributed by atoms with Gasteiger partial charge in [0.2, 0.25) is 6.10 Å². The second-order valence-electron chi connectivity index (χ2n) is 6.02. The lowest BCUT2D eigenvalue weighted by atomic mass is 10.1. The summed E-state index contributed by atoms with van der Waals surface area (Å²) >= 11 is 0. The second-order valence-corrected chi connectivity index (χ2v) is 6.02. The third-order valence-corrected chi connectivity index (χ3v) is 4.36. The van der Waals surface area contributed by atoms with Crippen molar-refractivity contribution < 1.29 is 18.7 Å². The van der Waals surface area contributed by atoms with Crippen molar-refractivity contribution in [2.45, 2.75) is 6.10 Å². The van der Waals surface area contributed by atoms with Gasteiger partial charge in [0.25, 0.3) is 0 Å². The fraction of sp³-hybridized carbons (Fsp3) is 0.0909. The van der Waals surface area contributed by atoms with Crippen molar-refractivity contribution in [1.29, 1.82) is 0 Å². The summed E-state index contributed by atoms with van der Waals surface area (Å²) in [4.78, 5) is 24.4. The Balaban J connectivity index is 1.78. The van der Waals surface area contributed by atoms with E-state index in [1.807, 2.05) is 36.4 Å². The zero-order valence-corrected chi connectivity index (χ0v) is 14.5. The number of esters is 1. The average molecular weight is 360 g/mol. The zero-order valence-electron chi connectivity index (χ0n) is 14.5. The van der Waals surface area contributed by atoms with Gasteiger partial charge in [-0.05, 0) is 23.6 Å². The molecule has 0 spiro atoms. The first-order valence-electron chi connectivity index (χ1n) is 8.42. The molecule has 1 heterocycles. The van der Waals surface area contributed by atoms with Crippen LogP contribution < -0.4 is 10.4 Å². The molecule has 0 saturated carbocycles. The standard InChI is InChI=1S/C22H16O5/c1-25-22(24)20(14-7-3-2-4-8-14)26-15-11-12-17-16-9-5-6-10-18(16)21(23)27-19(17)13-15/h2-13,20H,1H3. The SMILES string of the molecule is COC(=O)C(Oc1ccc2c(c1)oc(=O)c1ccccc12)c1ccccc1. The number of fused-ring (bicyclic) bond motifs is 3. The second kappa shape index (κ2) is 6.96. The fourth-order valence-corrected chi connectivity index (χ4v) is 3.06. The lowest BCUT2D eigenvalue weighted by molar-refractivity contribution is -0.149. The highest BCUT2D eigenvalue weighted by Gasteiger charge is 2.23. The molecule has 0 aliphatic rings. The van der Waals surface area contributed by atoms with Crippen LogP contribution in [0.25, 0.3) is 21.7 Å². The molecule has 0 radical (unpaired) electrons. The molecule has 1 unspecified atom stereocenters. The van der Waals surface area contributed by atoms with Gasteiger partial charge in [-0.2, -0.15) is 0 Å². The predicted octanol–water partition coefficient (Wildman–Crippen LogP) is 4.24. The average Bonchev–Trinajstić information content (AvgIpc) is 2.72. The summed E-state index contributed by atoms with van der Waals surface area (Å²) in [7, 11) is 1.31. The molecule has 3 aromatic carbocycles. The van der Waals surface area contributed by atoms with Crippen LogP contribution in [-0.2, 0) is 9.53 Å². The van der Waals surface area contributed by atoms with E-state index in [2.05, 4.69) is 0 Å². The Morgan fingerprint density at radius 2 is 1.59 bits per heavy atom. The Bertz CT molecular complexity index is 1180. The number of rotatable bonds is 4. The summed E-state index contributed by atoms with van der Waals surface area (Å²) in [6, 6.07) is 21.5. The normalized spacial score (nSPS) is 12.0. The van der Waals surface area contributed by atoms with Crippen LogP contribution in [-0.4, -0.2) is 13.1 Å². The Labute approximate surface area is 154 Å². The van der Waals surface area contributed by atoms with Gasteiger partial charge in [0, 0.05) is 17.0 Å². The molecule has 4 aromatic rings. The molecule has 0 bridgehead atoms. The Hall–Kier alpha value is -3.60. The van der Waals surface area contributed by atoms with Gasteiger partial charge < -0.3 is 13.9 Å². The first-order valence-corrected chi connectivity index (χ1v) is 8.42. The number of carbonyl (C=O) groups excluding carboxylic acids is 1. The van der Waals surface area contributed by atoms with Crippen LogP contribution in [0.4, 0.5) is 0 Å². The Morgan fingerprint density at radius 3 is 2.33 bits per heavy atom. The van der Waals surface area contributed by atoms with Crippen molar-refractivity contribution in [3.63, 3.8) is 0 Å². The highest BCUT2D eigenvalue weighted by Crippen LogP contribution is 2.29. The van der Waals surface area contributed by atoms with Gasteiger partial charge in [-0.15, -0.1) is 0 Å². The van der Waals surface area contributed by atoms with Crippen LogP contribution in [0.2, 0.25) is 0 Å². The minimum absolute atomic E-state index is 0.396. The van der Waals surface area contributed by atoms with Crippen LogP contribution in [0, 0.1) is 0 Å². The molecule has 0 saturated heterocycles. The smallest absolute Gasteiger partial charge is 0.351 e. The maximum absolute atomic E-state index is 12.2. The Kier molecular flexibility index (Phi) is 4.34. The molecule has 27 heavy (non-hydrogen) atoms. The van der Waals surface area contributed by atoms with Crippen LogP contribution in [0.5, 0.6) is 5.75 Å². The minimum atomic E-state index is -0.916. The summed E-state index contributed by atoms with van der Waals surface area (Å²) in [5, 5.41) is 2.13. The fourth-order valence-electron chi connectivity index (χ4n) is 3.06. The van der Waals surface area contributed by atoms with E-state index < -0.39 is 17.7 Å². The molecule has 0 fully saturated rings. The minimum Gasteiger partial charge on any atom is -0.474 e. The van der Waals surface area contributed by atoms with Gasteiger partial charge in [-0.1, -0.05) is 48.5 Å². The van der Waals surface area contributed by atoms with Crippen LogP contribution in [0.3, 0.4) is 0 Å². The number of benzene rings is 3.